The van der Waals surface area contributed by atoms with Gasteiger partial charge in [0.25, 0.3) is 0 Å². The molecule has 2 heteroatoms. The zero-order valence-electron chi connectivity index (χ0n) is 12.5. The summed E-state index contributed by atoms with van der Waals surface area (Å²) in [5, 5.41) is 13.6. The van der Waals surface area contributed by atoms with Crippen molar-refractivity contribution in [3.05, 3.63) is 71.3 Å². The second-order valence-electron chi connectivity index (χ2n) is 6.06. The fraction of sp³-hybridized carbons (Fsp3) is 0.368. The Hall–Kier alpha value is -1.64. The summed E-state index contributed by atoms with van der Waals surface area (Å²) in [6, 6.07) is 19.1. The fourth-order valence-electron chi connectivity index (χ4n) is 3.15. The summed E-state index contributed by atoms with van der Waals surface area (Å²) in [7, 11) is 0. The minimum atomic E-state index is -0.413. The van der Waals surface area contributed by atoms with Crippen LogP contribution in [-0.4, -0.2) is 17.7 Å². The largest absolute Gasteiger partial charge is 0.387 e. The van der Waals surface area contributed by atoms with Gasteiger partial charge in [-0.15, -0.1) is 0 Å². The van der Waals surface area contributed by atoms with E-state index in [9.17, 15) is 5.11 Å². The third-order valence-electron chi connectivity index (χ3n) is 4.55. The summed E-state index contributed by atoms with van der Waals surface area (Å²) in [5.41, 5.74) is 3.87. The number of hydrogen-bond donors (Lipinski definition) is 2. The summed E-state index contributed by atoms with van der Waals surface area (Å²) in [4.78, 5) is 0. The number of aryl methyl sites for hydroxylation is 1. The molecule has 2 aromatic rings. The van der Waals surface area contributed by atoms with Crippen molar-refractivity contribution in [2.75, 3.05) is 6.54 Å². The van der Waals surface area contributed by atoms with Gasteiger partial charge < -0.3 is 10.4 Å². The van der Waals surface area contributed by atoms with E-state index >= 15 is 0 Å². The van der Waals surface area contributed by atoms with Gasteiger partial charge in [0.15, 0.2) is 0 Å². The first kappa shape index (κ1) is 14.3. The molecule has 2 N–H and O–H groups in total. The van der Waals surface area contributed by atoms with E-state index in [1.54, 1.807) is 0 Å². The Kier molecular flexibility index (Phi) is 4.37. The maximum atomic E-state index is 10.2. The molecule has 110 valence electrons. The fourth-order valence-corrected chi connectivity index (χ4v) is 3.15. The van der Waals surface area contributed by atoms with Crippen molar-refractivity contribution in [3.63, 3.8) is 0 Å². The third kappa shape index (κ3) is 3.34. The van der Waals surface area contributed by atoms with Crippen LogP contribution >= 0.6 is 0 Å². The standard InChI is InChI=1S/C19H23NO/c1-14-7-5-6-10-18(14)16-11-17(12-16)20-13-19(21)15-8-3-2-4-9-15/h2-10,16-17,19-21H,11-13H2,1H3. The molecule has 0 bridgehead atoms. The summed E-state index contributed by atoms with van der Waals surface area (Å²) < 4.78 is 0. The van der Waals surface area contributed by atoms with Gasteiger partial charge in [0.2, 0.25) is 0 Å². The second-order valence-corrected chi connectivity index (χ2v) is 6.06. The Labute approximate surface area is 126 Å². The number of aliphatic hydroxyl groups is 1. The predicted molar refractivity (Wildman–Crippen MR) is 86.3 cm³/mol. The van der Waals surface area contributed by atoms with Gasteiger partial charge in [0, 0.05) is 12.6 Å². The molecule has 0 radical (unpaired) electrons. The third-order valence-corrected chi connectivity index (χ3v) is 4.55. The van der Waals surface area contributed by atoms with E-state index in [0.29, 0.717) is 18.5 Å². The molecule has 0 aliphatic heterocycles. The average Bonchev–Trinajstić information content (AvgIpc) is 2.48. The summed E-state index contributed by atoms with van der Waals surface area (Å²) in [5.74, 6) is 0.678. The van der Waals surface area contributed by atoms with E-state index in [-0.39, 0.29) is 0 Å². The van der Waals surface area contributed by atoms with Crippen LogP contribution in [0.4, 0.5) is 0 Å². The Bertz CT molecular complexity index is 575. The van der Waals surface area contributed by atoms with Crippen LogP contribution in [-0.2, 0) is 0 Å². The molecule has 1 aliphatic rings. The molecule has 1 saturated carbocycles. The average molecular weight is 281 g/mol. The number of nitrogens with one attached hydrogen (secondary N) is 1. The summed E-state index contributed by atoms with van der Waals surface area (Å²) >= 11 is 0. The molecular weight excluding hydrogens is 258 g/mol. The molecule has 0 saturated heterocycles. The molecular formula is C19H23NO. The van der Waals surface area contributed by atoms with E-state index in [4.69, 9.17) is 0 Å². The smallest absolute Gasteiger partial charge is 0.0914 e. The first-order chi connectivity index (χ1) is 10.2. The molecule has 0 heterocycles. The number of benzene rings is 2. The predicted octanol–water partition coefficient (Wildman–Crippen LogP) is 3.56. The topological polar surface area (TPSA) is 32.3 Å². The van der Waals surface area contributed by atoms with Crippen LogP contribution < -0.4 is 5.32 Å². The van der Waals surface area contributed by atoms with Crippen LogP contribution in [0.5, 0.6) is 0 Å². The number of aliphatic hydroxyl groups excluding tert-OH is 1. The monoisotopic (exact) mass is 281 g/mol. The van der Waals surface area contributed by atoms with Crippen LogP contribution in [0.1, 0.15) is 41.6 Å². The van der Waals surface area contributed by atoms with Crippen LogP contribution in [0.3, 0.4) is 0 Å². The first-order valence-electron chi connectivity index (χ1n) is 7.76. The zero-order chi connectivity index (χ0) is 14.7. The highest BCUT2D eigenvalue weighted by Gasteiger charge is 2.30. The lowest BCUT2D eigenvalue weighted by Crippen LogP contribution is -2.42. The van der Waals surface area contributed by atoms with Gasteiger partial charge in [-0.2, -0.15) is 0 Å². The number of rotatable bonds is 5. The van der Waals surface area contributed by atoms with Crippen molar-refractivity contribution in [2.45, 2.75) is 37.8 Å². The van der Waals surface area contributed by atoms with Crippen molar-refractivity contribution in [3.8, 4) is 0 Å². The molecule has 0 aromatic heterocycles. The molecule has 1 atom stereocenters. The van der Waals surface area contributed by atoms with Crippen molar-refractivity contribution in [2.24, 2.45) is 0 Å². The maximum absolute atomic E-state index is 10.2. The Morgan fingerprint density at radius 3 is 2.43 bits per heavy atom. The SMILES string of the molecule is Cc1ccccc1C1CC(NCC(O)c2ccccc2)C1. The van der Waals surface area contributed by atoms with E-state index in [2.05, 4.69) is 36.5 Å². The normalized spacial score (nSPS) is 22.6. The molecule has 0 spiro atoms. The zero-order valence-corrected chi connectivity index (χ0v) is 12.5. The highest BCUT2D eigenvalue weighted by molar-refractivity contribution is 5.31. The lowest BCUT2D eigenvalue weighted by molar-refractivity contribution is 0.157. The molecule has 2 nitrogen and oxygen atoms in total. The Morgan fingerprint density at radius 2 is 1.71 bits per heavy atom. The summed E-state index contributed by atoms with van der Waals surface area (Å²) in [6.07, 6.45) is 1.93. The highest BCUT2D eigenvalue weighted by Crippen LogP contribution is 2.38. The molecule has 1 fully saturated rings. The van der Waals surface area contributed by atoms with Crippen LogP contribution in [0.15, 0.2) is 54.6 Å². The van der Waals surface area contributed by atoms with Gasteiger partial charge in [-0.25, -0.2) is 0 Å². The van der Waals surface area contributed by atoms with Crippen molar-refractivity contribution < 1.29 is 5.11 Å². The lowest BCUT2D eigenvalue weighted by atomic mass is 9.74. The first-order valence-corrected chi connectivity index (χ1v) is 7.76. The highest BCUT2D eigenvalue weighted by atomic mass is 16.3. The van der Waals surface area contributed by atoms with Gasteiger partial charge in [-0.1, -0.05) is 54.6 Å². The van der Waals surface area contributed by atoms with Crippen LogP contribution in [0.2, 0.25) is 0 Å². The molecule has 1 aliphatic carbocycles. The van der Waals surface area contributed by atoms with E-state index in [0.717, 1.165) is 5.56 Å². The maximum Gasteiger partial charge on any atom is 0.0914 e. The van der Waals surface area contributed by atoms with Crippen LogP contribution in [0.25, 0.3) is 0 Å². The summed E-state index contributed by atoms with van der Waals surface area (Å²) in [6.45, 7) is 2.82. The molecule has 1 unspecified atom stereocenters. The molecule has 2 aromatic carbocycles. The van der Waals surface area contributed by atoms with Crippen molar-refractivity contribution >= 4 is 0 Å². The minimum Gasteiger partial charge on any atom is -0.387 e. The van der Waals surface area contributed by atoms with Gasteiger partial charge in [-0.05, 0) is 42.4 Å². The van der Waals surface area contributed by atoms with Crippen molar-refractivity contribution in [1.82, 2.24) is 5.32 Å². The van der Waals surface area contributed by atoms with Crippen LogP contribution in [0, 0.1) is 6.92 Å². The Balaban J connectivity index is 1.46. The van der Waals surface area contributed by atoms with Gasteiger partial charge >= 0.3 is 0 Å². The van der Waals surface area contributed by atoms with E-state index < -0.39 is 6.10 Å². The molecule has 21 heavy (non-hydrogen) atoms. The second kappa shape index (κ2) is 6.42. The van der Waals surface area contributed by atoms with Gasteiger partial charge in [0.1, 0.15) is 0 Å². The molecule has 0 amide bonds. The quantitative estimate of drug-likeness (QED) is 0.878. The molecule has 3 rings (SSSR count). The number of hydrogen-bond acceptors (Lipinski definition) is 2. The van der Waals surface area contributed by atoms with E-state index in [1.165, 1.54) is 24.0 Å². The van der Waals surface area contributed by atoms with Gasteiger partial charge in [-0.3, -0.25) is 0 Å². The Morgan fingerprint density at radius 1 is 1.05 bits per heavy atom. The van der Waals surface area contributed by atoms with Gasteiger partial charge in [0.05, 0.1) is 6.10 Å². The lowest BCUT2D eigenvalue weighted by Gasteiger charge is -2.37. The van der Waals surface area contributed by atoms with E-state index in [1.807, 2.05) is 30.3 Å². The minimum absolute atomic E-state index is 0.413. The van der Waals surface area contributed by atoms with Crippen molar-refractivity contribution in [1.29, 1.82) is 0 Å².